The van der Waals surface area contributed by atoms with Crippen LogP contribution in [0.5, 0.6) is 0 Å². The summed E-state index contributed by atoms with van der Waals surface area (Å²) in [6, 6.07) is 1.84. The monoisotopic (exact) mass is 251 g/mol. The third-order valence-corrected chi connectivity index (χ3v) is 3.96. The van der Waals surface area contributed by atoms with Gasteiger partial charge in [-0.2, -0.15) is 0 Å². The van der Waals surface area contributed by atoms with E-state index in [1.807, 2.05) is 6.07 Å². The third-order valence-electron chi connectivity index (χ3n) is 3.96. The summed E-state index contributed by atoms with van der Waals surface area (Å²) in [6.07, 6.45) is 1.20. The number of piperidine rings is 1. The summed E-state index contributed by atoms with van der Waals surface area (Å²) < 4.78 is 5.40. The van der Waals surface area contributed by atoms with Crippen molar-refractivity contribution in [2.24, 2.45) is 11.8 Å². The summed E-state index contributed by atoms with van der Waals surface area (Å²) in [5, 5.41) is 8.95. The third kappa shape index (κ3) is 2.75. The van der Waals surface area contributed by atoms with Crippen molar-refractivity contribution < 1.29 is 14.3 Å². The second-order valence-electron chi connectivity index (χ2n) is 5.51. The zero-order chi connectivity index (χ0) is 13.3. The van der Waals surface area contributed by atoms with E-state index in [9.17, 15) is 4.79 Å². The van der Waals surface area contributed by atoms with Gasteiger partial charge in [0.15, 0.2) is 0 Å². The van der Waals surface area contributed by atoms with Crippen LogP contribution in [0.4, 0.5) is 0 Å². The molecule has 1 aliphatic rings. The lowest BCUT2D eigenvalue weighted by Gasteiger charge is -2.34. The SMILES string of the molecule is Cc1cc(CN2CCC(C)C(C)C2)oc1C(=O)O. The van der Waals surface area contributed by atoms with E-state index in [-0.39, 0.29) is 5.76 Å². The van der Waals surface area contributed by atoms with Gasteiger partial charge in [0, 0.05) is 12.1 Å². The number of furan rings is 1. The highest BCUT2D eigenvalue weighted by Gasteiger charge is 2.24. The number of hydrogen-bond donors (Lipinski definition) is 1. The number of hydrogen-bond acceptors (Lipinski definition) is 3. The number of rotatable bonds is 3. The fourth-order valence-electron chi connectivity index (χ4n) is 2.55. The van der Waals surface area contributed by atoms with Crippen LogP contribution < -0.4 is 0 Å². The van der Waals surface area contributed by atoms with E-state index >= 15 is 0 Å². The summed E-state index contributed by atoms with van der Waals surface area (Å²) in [7, 11) is 0. The first-order chi connectivity index (χ1) is 8.47. The molecule has 2 atom stereocenters. The van der Waals surface area contributed by atoms with Crippen molar-refractivity contribution in [3.8, 4) is 0 Å². The van der Waals surface area contributed by atoms with Gasteiger partial charge >= 0.3 is 5.97 Å². The standard InChI is InChI=1S/C14H21NO3/c1-9-4-5-15(7-11(9)3)8-12-6-10(2)13(18-12)14(16)17/h6,9,11H,4-5,7-8H2,1-3H3,(H,16,17). The quantitative estimate of drug-likeness (QED) is 0.897. The molecular weight excluding hydrogens is 230 g/mol. The maximum Gasteiger partial charge on any atom is 0.372 e. The highest BCUT2D eigenvalue weighted by molar-refractivity contribution is 5.86. The molecule has 4 nitrogen and oxygen atoms in total. The Balaban J connectivity index is 2.02. The lowest BCUT2D eigenvalue weighted by Crippen LogP contribution is -2.37. The highest BCUT2D eigenvalue weighted by atomic mass is 16.4. The van der Waals surface area contributed by atoms with Crippen molar-refractivity contribution in [1.29, 1.82) is 0 Å². The molecule has 0 radical (unpaired) electrons. The maximum absolute atomic E-state index is 10.9. The van der Waals surface area contributed by atoms with Crippen molar-refractivity contribution in [3.05, 3.63) is 23.2 Å². The highest BCUT2D eigenvalue weighted by Crippen LogP contribution is 2.24. The van der Waals surface area contributed by atoms with Crippen LogP contribution in [0.2, 0.25) is 0 Å². The predicted octanol–water partition coefficient (Wildman–Crippen LogP) is 2.76. The normalized spacial score (nSPS) is 25.3. The molecule has 2 rings (SSSR count). The largest absolute Gasteiger partial charge is 0.475 e. The van der Waals surface area contributed by atoms with E-state index in [4.69, 9.17) is 9.52 Å². The van der Waals surface area contributed by atoms with E-state index < -0.39 is 5.97 Å². The van der Waals surface area contributed by atoms with Gasteiger partial charge in [0.05, 0.1) is 6.54 Å². The average Bonchev–Trinajstić information content (AvgIpc) is 2.65. The molecule has 1 fully saturated rings. The molecule has 4 heteroatoms. The molecule has 1 N–H and O–H groups in total. The minimum atomic E-state index is -0.987. The number of carboxylic acids is 1. The Bertz CT molecular complexity index is 438. The summed E-state index contributed by atoms with van der Waals surface area (Å²) in [6.45, 7) is 9.17. The molecule has 0 saturated carbocycles. The summed E-state index contributed by atoms with van der Waals surface area (Å²) >= 11 is 0. The number of likely N-dealkylation sites (tertiary alicyclic amines) is 1. The zero-order valence-electron chi connectivity index (χ0n) is 11.3. The Hall–Kier alpha value is -1.29. The fourth-order valence-corrected chi connectivity index (χ4v) is 2.55. The second-order valence-corrected chi connectivity index (χ2v) is 5.51. The summed E-state index contributed by atoms with van der Waals surface area (Å²) in [4.78, 5) is 13.3. The number of carboxylic acid groups (broad SMARTS) is 1. The lowest BCUT2D eigenvalue weighted by atomic mass is 9.89. The van der Waals surface area contributed by atoms with Crippen LogP contribution >= 0.6 is 0 Å². The molecule has 0 aromatic carbocycles. The van der Waals surface area contributed by atoms with E-state index in [2.05, 4.69) is 18.7 Å². The molecule has 1 saturated heterocycles. The van der Waals surface area contributed by atoms with Crippen LogP contribution in [0.25, 0.3) is 0 Å². The van der Waals surface area contributed by atoms with Gasteiger partial charge in [-0.05, 0) is 37.8 Å². The van der Waals surface area contributed by atoms with Crippen molar-refractivity contribution in [1.82, 2.24) is 4.90 Å². The van der Waals surface area contributed by atoms with Gasteiger partial charge in [-0.15, -0.1) is 0 Å². The molecule has 1 aromatic heterocycles. The molecule has 18 heavy (non-hydrogen) atoms. The summed E-state index contributed by atoms with van der Waals surface area (Å²) in [5.74, 6) is 1.30. The Labute approximate surface area is 108 Å². The van der Waals surface area contributed by atoms with E-state index in [1.54, 1.807) is 6.92 Å². The van der Waals surface area contributed by atoms with Crippen LogP contribution in [-0.2, 0) is 6.54 Å². The first-order valence-corrected chi connectivity index (χ1v) is 6.52. The molecule has 2 heterocycles. The molecule has 2 unspecified atom stereocenters. The predicted molar refractivity (Wildman–Crippen MR) is 68.6 cm³/mol. The first kappa shape index (κ1) is 13.1. The van der Waals surface area contributed by atoms with E-state index in [1.165, 1.54) is 6.42 Å². The molecule has 1 aromatic rings. The molecule has 100 valence electrons. The van der Waals surface area contributed by atoms with Crippen molar-refractivity contribution in [2.75, 3.05) is 13.1 Å². The van der Waals surface area contributed by atoms with Crippen molar-refractivity contribution in [2.45, 2.75) is 33.7 Å². The van der Waals surface area contributed by atoms with Gasteiger partial charge in [-0.1, -0.05) is 13.8 Å². The first-order valence-electron chi connectivity index (χ1n) is 6.52. The second kappa shape index (κ2) is 5.14. The van der Waals surface area contributed by atoms with Gasteiger partial charge in [-0.25, -0.2) is 4.79 Å². The van der Waals surface area contributed by atoms with Gasteiger partial charge in [0.25, 0.3) is 0 Å². The fraction of sp³-hybridized carbons (Fsp3) is 0.643. The number of aryl methyl sites for hydroxylation is 1. The maximum atomic E-state index is 10.9. The minimum Gasteiger partial charge on any atom is -0.475 e. The van der Waals surface area contributed by atoms with Gasteiger partial charge < -0.3 is 9.52 Å². The van der Waals surface area contributed by atoms with E-state index in [0.29, 0.717) is 18.0 Å². The topological polar surface area (TPSA) is 53.7 Å². The average molecular weight is 251 g/mol. The van der Waals surface area contributed by atoms with Crippen LogP contribution in [0.1, 0.15) is 42.1 Å². The van der Waals surface area contributed by atoms with E-state index in [0.717, 1.165) is 24.8 Å². The van der Waals surface area contributed by atoms with Crippen molar-refractivity contribution in [3.63, 3.8) is 0 Å². The summed E-state index contributed by atoms with van der Waals surface area (Å²) in [5.41, 5.74) is 0.705. The Kier molecular flexibility index (Phi) is 3.76. The molecule has 0 aliphatic carbocycles. The zero-order valence-corrected chi connectivity index (χ0v) is 11.3. The Morgan fingerprint density at radius 1 is 1.50 bits per heavy atom. The van der Waals surface area contributed by atoms with Crippen molar-refractivity contribution >= 4 is 5.97 Å². The van der Waals surface area contributed by atoms with Crippen LogP contribution in [0.3, 0.4) is 0 Å². The van der Waals surface area contributed by atoms with Gasteiger partial charge in [0.2, 0.25) is 5.76 Å². The van der Waals surface area contributed by atoms with Gasteiger partial charge in [-0.3, -0.25) is 4.90 Å². The molecule has 1 aliphatic heterocycles. The Morgan fingerprint density at radius 2 is 2.22 bits per heavy atom. The number of nitrogens with zero attached hydrogens (tertiary/aromatic N) is 1. The Morgan fingerprint density at radius 3 is 2.78 bits per heavy atom. The van der Waals surface area contributed by atoms with Crippen LogP contribution in [-0.4, -0.2) is 29.1 Å². The molecule has 0 amide bonds. The smallest absolute Gasteiger partial charge is 0.372 e. The van der Waals surface area contributed by atoms with Gasteiger partial charge in [0.1, 0.15) is 5.76 Å². The lowest BCUT2D eigenvalue weighted by molar-refractivity contribution is 0.0654. The minimum absolute atomic E-state index is 0.0726. The molecule has 0 spiro atoms. The van der Waals surface area contributed by atoms with Crippen LogP contribution in [0, 0.1) is 18.8 Å². The number of carbonyl (C=O) groups is 1. The molecular formula is C14H21NO3. The van der Waals surface area contributed by atoms with Crippen LogP contribution in [0.15, 0.2) is 10.5 Å². The number of aromatic carboxylic acids is 1. The molecule has 0 bridgehead atoms.